The summed E-state index contributed by atoms with van der Waals surface area (Å²) in [7, 11) is 1.59. The molecule has 5 heteroatoms. The highest BCUT2D eigenvalue weighted by Crippen LogP contribution is 2.35. The number of amides is 2. The second-order valence-corrected chi connectivity index (χ2v) is 7.71. The van der Waals surface area contributed by atoms with Crippen LogP contribution in [0.25, 0.3) is 5.57 Å². The molecule has 3 aromatic rings. The lowest BCUT2D eigenvalue weighted by atomic mass is 10.0. The normalized spacial score (nSPS) is 13.7. The molecule has 0 bridgehead atoms. The van der Waals surface area contributed by atoms with E-state index < -0.39 is 0 Å². The van der Waals surface area contributed by atoms with Crippen LogP contribution < -0.4 is 15.0 Å². The molecule has 1 N–H and O–H groups in total. The van der Waals surface area contributed by atoms with Crippen LogP contribution in [0.5, 0.6) is 5.75 Å². The van der Waals surface area contributed by atoms with E-state index >= 15 is 0 Å². The number of ether oxygens (including phenoxy) is 1. The van der Waals surface area contributed by atoms with Gasteiger partial charge in [0.1, 0.15) is 11.4 Å². The van der Waals surface area contributed by atoms with E-state index in [0.29, 0.717) is 22.6 Å². The average molecular weight is 412 g/mol. The van der Waals surface area contributed by atoms with Crippen molar-refractivity contribution in [2.45, 2.75) is 20.8 Å². The molecule has 0 fully saturated rings. The van der Waals surface area contributed by atoms with E-state index in [1.54, 1.807) is 31.4 Å². The maximum atomic E-state index is 13.6. The minimum absolute atomic E-state index is 0.265. The lowest BCUT2D eigenvalue weighted by molar-refractivity contribution is -0.120. The van der Waals surface area contributed by atoms with Gasteiger partial charge in [-0.2, -0.15) is 0 Å². The molecule has 0 spiro atoms. The van der Waals surface area contributed by atoms with Crippen molar-refractivity contribution in [1.29, 1.82) is 0 Å². The van der Waals surface area contributed by atoms with Gasteiger partial charge in [0.05, 0.1) is 18.4 Å². The standard InChI is InChI=1S/C26H24N2O3/c1-16-6-5-7-20(15-16)27-24-23(19-9-11-21(31-4)12-10-19)25(29)28(26(24)30)22-13-8-17(2)14-18(22)3/h5-15,27H,1-4H3. The third kappa shape index (κ3) is 3.82. The van der Waals surface area contributed by atoms with Crippen LogP contribution in [0.4, 0.5) is 11.4 Å². The molecule has 0 radical (unpaired) electrons. The second kappa shape index (κ2) is 8.11. The van der Waals surface area contributed by atoms with Gasteiger partial charge in [-0.1, -0.05) is 42.0 Å². The molecule has 0 atom stereocenters. The number of rotatable bonds is 5. The average Bonchev–Trinajstić information content (AvgIpc) is 2.98. The number of aryl methyl sites for hydroxylation is 3. The second-order valence-electron chi connectivity index (χ2n) is 7.71. The molecule has 4 rings (SSSR count). The van der Waals surface area contributed by atoms with E-state index in [4.69, 9.17) is 4.74 Å². The van der Waals surface area contributed by atoms with Crippen LogP contribution in [-0.4, -0.2) is 18.9 Å². The Labute approximate surface area is 182 Å². The summed E-state index contributed by atoms with van der Waals surface area (Å²) in [5.41, 5.74) is 5.60. The van der Waals surface area contributed by atoms with E-state index in [9.17, 15) is 9.59 Å². The van der Waals surface area contributed by atoms with Gasteiger partial charge in [0.15, 0.2) is 0 Å². The Morgan fingerprint density at radius 3 is 2.16 bits per heavy atom. The molecular formula is C26H24N2O3. The first-order valence-corrected chi connectivity index (χ1v) is 10.1. The Morgan fingerprint density at radius 2 is 1.52 bits per heavy atom. The fourth-order valence-corrected chi connectivity index (χ4v) is 3.81. The lowest BCUT2D eigenvalue weighted by Gasteiger charge is -2.18. The minimum Gasteiger partial charge on any atom is -0.497 e. The molecule has 0 saturated carbocycles. The lowest BCUT2D eigenvalue weighted by Crippen LogP contribution is -2.33. The van der Waals surface area contributed by atoms with Crippen molar-refractivity contribution in [3.05, 3.63) is 94.7 Å². The maximum Gasteiger partial charge on any atom is 0.282 e. The van der Waals surface area contributed by atoms with Crippen LogP contribution in [0.1, 0.15) is 22.3 Å². The topological polar surface area (TPSA) is 58.6 Å². The van der Waals surface area contributed by atoms with Crippen molar-refractivity contribution in [1.82, 2.24) is 0 Å². The van der Waals surface area contributed by atoms with Crippen LogP contribution in [-0.2, 0) is 9.59 Å². The highest BCUT2D eigenvalue weighted by Gasteiger charge is 2.40. The molecule has 2 amide bonds. The van der Waals surface area contributed by atoms with Gasteiger partial charge in [-0.05, 0) is 67.8 Å². The molecule has 5 nitrogen and oxygen atoms in total. The number of anilines is 2. The maximum absolute atomic E-state index is 13.6. The first-order chi connectivity index (χ1) is 14.9. The van der Waals surface area contributed by atoms with Gasteiger partial charge < -0.3 is 10.1 Å². The summed E-state index contributed by atoms with van der Waals surface area (Å²) in [6.45, 7) is 5.87. The highest BCUT2D eigenvalue weighted by atomic mass is 16.5. The summed E-state index contributed by atoms with van der Waals surface area (Å²) in [5, 5.41) is 3.21. The predicted molar refractivity (Wildman–Crippen MR) is 123 cm³/mol. The number of carbonyl (C=O) groups excluding carboxylic acids is 2. The first-order valence-electron chi connectivity index (χ1n) is 10.1. The van der Waals surface area contributed by atoms with Gasteiger partial charge in [-0.3, -0.25) is 9.59 Å². The number of methoxy groups -OCH3 is 1. The van der Waals surface area contributed by atoms with Gasteiger partial charge in [-0.15, -0.1) is 0 Å². The summed E-state index contributed by atoms with van der Waals surface area (Å²) >= 11 is 0. The number of carbonyl (C=O) groups is 2. The number of nitrogens with one attached hydrogen (secondary N) is 1. The summed E-state index contributed by atoms with van der Waals surface area (Å²) in [6.07, 6.45) is 0. The first kappa shape index (κ1) is 20.4. The van der Waals surface area contributed by atoms with Crippen LogP contribution in [0.3, 0.4) is 0 Å². The fourth-order valence-electron chi connectivity index (χ4n) is 3.81. The zero-order chi connectivity index (χ0) is 22.1. The molecule has 156 valence electrons. The van der Waals surface area contributed by atoms with Gasteiger partial charge in [-0.25, -0.2) is 4.90 Å². The summed E-state index contributed by atoms with van der Waals surface area (Å²) in [4.78, 5) is 28.3. The van der Waals surface area contributed by atoms with E-state index in [-0.39, 0.29) is 17.5 Å². The number of imide groups is 1. The molecule has 1 aliphatic rings. The zero-order valence-corrected chi connectivity index (χ0v) is 18.0. The van der Waals surface area contributed by atoms with Gasteiger partial charge in [0.2, 0.25) is 0 Å². The Balaban J connectivity index is 1.83. The minimum atomic E-state index is -0.371. The zero-order valence-electron chi connectivity index (χ0n) is 18.0. The Morgan fingerprint density at radius 1 is 0.806 bits per heavy atom. The largest absolute Gasteiger partial charge is 0.497 e. The van der Waals surface area contributed by atoms with Crippen molar-refractivity contribution in [2.24, 2.45) is 0 Å². The number of hydrogen-bond acceptors (Lipinski definition) is 4. The van der Waals surface area contributed by atoms with E-state index in [1.807, 2.05) is 63.2 Å². The smallest absolute Gasteiger partial charge is 0.282 e. The number of benzene rings is 3. The Hall–Kier alpha value is -3.86. The molecule has 1 aliphatic heterocycles. The molecule has 1 heterocycles. The monoisotopic (exact) mass is 412 g/mol. The fraction of sp³-hybridized carbons (Fsp3) is 0.154. The van der Waals surface area contributed by atoms with Gasteiger partial charge in [0.25, 0.3) is 11.8 Å². The SMILES string of the molecule is COc1ccc(C2=C(Nc3cccc(C)c3)C(=O)N(c3ccc(C)cc3C)C2=O)cc1. The summed E-state index contributed by atoms with van der Waals surface area (Å²) < 4.78 is 5.24. The van der Waals surface area contributed by atoms with E-state index in [1.165, 1.54) is 4.90 Å². The van der Waals surface area contributed by atoms with Crippen LogP contribution in [0, 0.1) is 20.8 Å². The van der Waals surface area contributed by atoms with Crippen molar-refractivity contribution in [3.8, 4) is 5.75 Å². The van der Waals surface area contributed by atoms with E-state index in [2.05, 4.69) is 5.32 Å². The Kier molecular flexibility index (Phi) is 5.34. The Bertz CT molecular complexity index is 1210. The van der Waals surface area contributed by atoms with Crippen LogP contribution >= 0.6 is 0 Å². The van der Waals surface area contributed by atoms with Crippen molar-refractivity contribution in [3.63, 3.8) is 0 Å². The molecular weight excluding hydrogens is 388 g/mol. The molecule has 3 aromatic carbocycles. The molecule has 0 unspecified atom stereocenters. The molecule has 0 aromatic heterocycles. The third-order valence-corrected chi connectivity index (χ3v) is 5.34. The number of hydrogen-bond donors (Lipinski definition) is 1. The summed E-state index contributed by atoms with van der Waals surface area (Å²) in [6, 6.07) is 20.6. The quantitative estimate of drug-likeness (QED) is 0.598. The molecule has 0 aliphatic carbocycles. The van der Waals surface area contributed by atoms with Crippen LogP contribution in [0.15, 0.2) is 72.4 Å². The predicted octanol–water partition coefficient (Wildman–Crippen LogP) is 5.02. The highest BCUT2D eigenvalue weighted by molar-refractivity contribution is 6.46. The van der Waals surface area contributed by atoms with Crippen molar-refractivity contribution < 1.29 is 14.3 Å². The van der Waals surface area contributed by atoms with Crippen LogP contribution in [0.2, 0.25) is 0 Å². The third-order valence-electron chi connectivity index (χ3n) is 5.34. The number of nitrogens with zero attached hydrogens (tertiary/aromatic N) is 1. The van der Waals surface area contributed by atoms with E-state index in [0.717, 1.165) is 22.4 Å². The van der Waals surface area contributed by atoms with Gasteiger partial charge in [0, 0.05) is 5.69 Å². The molecule has 0 saturated heterocycles. The summed E-state index contributed by atoms with van der Waals surface area (Å²) in [5.74, 6) is -0.0397. The van der Waals surface area contributed by atoms with Gasteiger partial charge >= 0.3 is 0 Å². The molecule has 31 heavy (non-hydrogen) atoms. The van der Waals surface area contributed by atoms with Crippen molar-refractivity contribution >= 4 is 28.8 Å². The van der Waals surface area contributed by atoms with Crippen molar-refractivity contribution in [2.75, 3.05) is 17.3 Å².